The summed E-state index contributed by atoms with van der Waals surface area (Å²) in [4.78, 5) is 20.7. The lowest BCUT2D eigenvalue weighted by Crippen LogP contribution is -2.09. The van der Waals surface area contributed by atoms with E-state index in [1.165, 1.54) is 11.3 Å². The van der Waals surface area contributed by atoms with Crippen LogP contribution in [0, 0.1) is 0 Å². The number of rotatable bonds is 3. The van der Waals surface area contributed by atoms with Gasteiger partial charge < -0.3 is 5.32 Å². The molecule has 0 aliphatic heterocycles. The van der Waals surface area contributed by atoms with Crippen LogP contribution in [-0.2, 0) is 0 Å². The number of carbonyl (C=O) groups excluding carboxylic acids is 1. The molecule has 0 radical (unpaired) electrons. The van der Waals surface area contributed by atoms with E-state index >= 15 is 0 Å². The second kappa shape index (κ2) is 5.66. The Hall–Kier alpha value is -1.83. The second-order valence-electron chi connectivity index (χ2n) is 3.71. The van der Waals surface area contributed by atoms with Crippen LogP contribution in [0.25, 0.3) is 10.6 Å². The molecule has 8 heteroatoms. The van der Waals surface area contributed by atoms with E-state index in [1.54, 1.807) is 24.7 Å². The van der Waals surface area contributed by atoms with Crippen molar-refractivity contribution in [1.82, 2.24) is 14.3 Å². The molecule has 0 unspecified atom stereocenters. The van der Waals surface area contributed by atoms with Crippen molar-refractivity contribution in [3.63, 3.8) is 0 Å². The first kappa shape index (κ1) is 13.2. The summed E-state index contributed by atoms with van der Waals surface area (Å²) in [5.41, 5.74) is 0.859. The number of amides is 1. The van der Waals surface area contributed by atoms with Gasteiger partial charge in [-0.1, -0.05) is 22.9 Å². The molecule has 0 saturated heterocycles. The fraction of sp³-hybridized carbons (Fsp3) is 0. The molecule has 100 valence electrons. The highest BCUT2D eigenvalue weighted by molar-refractivity contribution is 7.19. The average Bonchev–Trinajstić information content (AvgIpc) is 3.10. The Bertz CT molecular complexity index is 727. The summed E-state index contributed by atoms with van der Waals surface area (Å²) in [6.45, 7) is 0. The third-order valence-electron chi connectivity index (χ3n) is 2.38. The van der Waals surface area contributed by atoms with Crippen LogP contribution in [-0.4, -0.2) is 20.2 Å². The van der Waals surface area contributed by atoms with Crippen molar-refractivity contribution < 1.29 is 4.79 Å². The van der Waals surface area contributed by atoms with Gasteiger partial charge in [0.15, 0.2) is 5.15 Å². The molecular formula is C12H7ClN4OS2. The van der Waals surface area contributed by atoms with Crippen LogP contribution >= 0.6 is 34.5 Å². The molecule has 3 rings (SSSR count). The van der Waals surface area contributed by atoms with Gasteiger partial charge in [0.25, 0.3) is 5.91 Å². The fourth-order valence-corrected chi connectivity index (χ4v) is 3.12. The molecule has 0 atom stereocenters. The number of anilines is 1. The third kappa shape index (κ3) is 2.69. The number of halogens is 1. The van der Waals surface area contributed by atoms with Crippen LogP contribution in [0.1, 0.15) is 9.67 Å². The van der Waals surface area contributed by atoms with Gasteiger partial charge in [0.2, 0.25) is 0 Å². The number of thiazole rings is 1. The number of aromatic nitrogens is 3. The van der Waals surface area contributed by atoms with Gasteiger partial charge in [-0.05, 0) is 29.7 Å². The number of hydrogen-bond donors (Lipinski definition) is 1. The summed E-state index contributed by atoms with van der Waals surface area (Å²) in [7, 11) is 0. The first-order chi connectivity index (χ1) is 9.74. The Morgan fingerprint density at radius 2 is 2.20 bits per heavy atom. The molecule has 3 aromatic heterocycles. The molecule has 0 aliphatic rings. The minimum atomic E-state index is -0.240. The summed E-state index contributed by atoms with van der Waals surface area (Å²) in [6.07, 6.45) is 4.96. The predicted molar refractivity (Wildman–Crippen MR) is 80.4 cm³/mol. The van der Waals surface area contributed by atoms with Gasteiger partial charge in [-0.25, -0.2) is 9.36 Å². The monoisotopic (exact) mass is 322 g/mol. The van der Waals surface area contributed by atoms with Gasteiger partial charge in [0.05, 0.1) is 0 Å². The van der Waals surface area contributed by atoms with Gasteiger partial charge >= 0.3 is 0 Å². The Labute approximate surface area is 127 Å². The normalized spacial score (nSPS) is 10.4. The summed E-state index contributed by atoms with van der Waals surface area (Å²) in [6, 6.07) is 5.36. The standard InChI is InChI=1S/C12H7ClN4OS2/c13-9-12(17-10(18)8-3-5-15-20-8)19-11(16-9)7-2-1-4-14-6-7/h1-6H,(H,17,18). The summed E-state index contributed by atoms with van der Waals surface area (Å²) in [5.74, 6) is -0.240. The highest BCUT2D eigenvalue weighted by atomic mass is 35.5. The first-order valence-corrected chi connectivity index (χ1v) is 7.49. The van der Waals surface area contributed by atoms with E-state index in [9.17, 15) is 4.79 Å². The lowest BCUT2D eigenvalue weighted by molar-refractivity contribution is 0.103. The van der Waals surface area contributed by atoms with Crippen LogP contribution < -0.4 is 5.32 Å². The molecule has 3 aromatic rings. The van der Waals surface area contributed by atoms with Crippen LogP contribution in [0.3, 0.4) is 0 Å². The maximum atomic E-state index is 11.9. The molecule has 1 N–H and O–H groups in total. The van der Waals surface area contributed by atoms with E-state index in [2.05, 4.69) is 19.7 Å². The van der Waals surface area contributed by atoms with Crippen molar-refractivity contribution in [1.29, 1.82) is 0 Å². The molecule has 0 aromatic carbocycles. The van der Waals surface area contributed by atoms with Crippen molar-refractivity contribution in [2.75, 3.05) is 5.32 Å². The zero-order chi connectivity index (χ0) is 13.9. The van der Waals surface area contributed by atoms with Crippen LogP contribution in [0.4, 0.5) is 5.00 Å². The van der Waals surface area contributed by atoms with E-state index in [-0.39, 0.29) is 11.1 Å². The topological polar surface area (TPSA) is 67.8 Å². The van der Waals surface area contributed by atoms with E-state index < -0.39 is 0 Å². The van der Waals surface area contributed by atoms with Crippen molar-refractivity contribution >= 4 is 45.4 Å². The molecule has 0 bridgehead atoms. The van der Waals surface area contributed by atoms with Gasteiger partial charge in [-0.2, -0.15) is 0 Å². The Morgan fingerprint density at radius 1 is 1.30 bits per heavy atom. The van der Waals surface area contributed by atoms with Gasteiger partial charge in [0.1, 0.15) is 14.9 Å². The van der Waals surface area contributed by atoms with E-state index in [0.717, 1.165) is 17.1 Å². The molecule has 0 spiro atoms. The average molecular weight is 323 g/mol. The largest absolute Gasteiger partial charge is 0.310 e. The smallest absolute Gasteiger partial charge is 0.268 e. The zero-order valence-electron chi connectivity index (χ0n) is 9.91. The van der Waals surface area contributed by atoms with Crippen LogP contribution in [0.15, 0.2) is 36.8 Å². The summed E-state index contributed by atoms with van der Waals surface area (Å²) in [5, 5.41) is 4.24. The number of carbonyl (C=O) groups is 1. The lowest BCUT2D eigenvalue weighted by atomic mass is 10.3. The molecule has 3 heterocycles. The molecule has 20 heavy (non-hydrogen) atoms. The van der Waals surface area contributed by atoms with E-state index in [4.69, 9.17) is 11.6 Å². The molecule has 5 nitrogen and oxygen atoms in total. The van der Waals surface area contributed by atoms with E-state index in [0.29, 0.717) is 14.9 Å². The Kier molecular flexibility index (Phi) is 3.72. The quantitative estimate of drug-likeness (QED) is 0.800. The van der Waals surface area contributed by atoms with Crippen molar-refractivity contribution in [2.24, 2.45) is 0 Å². The Balaban J connectivity index is 1.85. The number of nitrogens with zero attached hydrogens (tertiary/aromatic N) is 3. The molecule has 0 fully saturated rings. The molecule has 1 amide bonds. The minimum absolute atomic E-state index is 0.240. The van der Waals surface area contributed by atoms with Crippen LogP contribution in [0.5, 0.6) is 0 Å². The maximum absolute atomic E-state index is 11.9. The first-order valence-electron chi connectivity index (χ1n) is 5.53. The summed E-state index contributed by atoms with van der Waals surface area (Å²) < 4.78 is 3.89. The van der Waals surface area contributed by atoms with Gasteiger partial charge in [0, 0.05) is 24.2 Å². The van der Waals surface area contributed by atoms with Crippen molar-refractivity contribution in [2.45, 2.75) is 0 Å². The molecular weight excluding hydrogens is 316 g/mol. The highest BCUT2D eigenvalue weighted by Crippen LogP contribution is 2.35. The predicted octanol–water partition coefficient (Wildman–Crippen LogP) is 3.57. The summed E-state index contributed by atoms with van der Waals surface area (Å²) >= 11 is 8.49. The molecule has 0 saturated carbocycles. The van der Waals surface area contributed by atoms with Gasteiger partial charge in [-0.15, -0.1) is 0 Å². The minimum Gasteiger partial charge on any atom is -0.310 e. The lowest BCUT2D eigenvalue weighted by Gasteiger charge is -1.98. The molecule has 0 aliphatic carbocycles. The van der Waals surface area contributed by atoms with Gasteiger partial charge in [-0.3, -0.25) is 9.78 Å². The number of hydrogen-bond acceptors (Lipinski definition) is 6. The zero-order valence-corrected chi connectivity index (χ0v) is 12.3. The van der Waals surface area contributed by atoms with Crippen LogP contribution in [0.2, 0.25) is 5.15 Å². The second-order valence-corrected chi connectivity index (χ2v) is 5.90. The third-order valence-corrected chi connectivity index (χ3v) is 4.53. The highest BCUT2D eigenvalue weighted by Gasteiger charge is 2.15. The van der Waals surface area contributed by atoms with Crippen molar-refractivity contribution in [3.05, 3.63) is 46.8 Å². The Morgan fingerprint density at radius 3 is 2.90 bits per heavy atom. The number of pyridine rings is 1. The van der Waals surface area contributed by atoms with Crippen molar-refractivity contribution in [3.8, 4) is 10.6 Å². The number of nitrogens with one attached hydrogen (secondary N) is 1. The maximum Gasteiger partial charge on any atom is 0.268 e. The SMILES string of the molecule is O=C(Nc1sc(-c2cccnc2)nc1Cl)c1ccns1. The fourth-order valence-electron chi connectivity index (χ4n) is 1.49. The van der Waals surface area contributed by atoms with E-state index in [1.807, 2.05) is 12.1 Å².